The maximum absolute atomic E-state index is 12.6. The second-order valence-corrected chi connectivity index (χ2v) is 5.20. The molecule has 0 aromatic heterocycles. The van der Waals surface area contributed by atoms with Crippen LogP contribution in [0.15, 0.2) is 60.2 Å². The van der Waals surface area contributed by atoms with Gasteiger partial charge in [-0.25, -0.2) is 9.69 Å². The van der Waals surface area contributed by atoms with Crippen molar-refractivity contribution >= 4 is 29.6 Å². The first-order chi connectivity index (χ1) is 11.1. The predicted octanol–water partition coefficient (Wildman–Crippen LogP) is 2.66. The summed E-state index contributed by atoms with van der Waals surface area (Å²) in [6.07, 6.45) is 1.48. The highest BCUT2D eigenvalue weighted by Crippen LogP contribution is 2.22. The zero-order valence-electron chi connectivity index (χ0n) is 12.4. The second-order valence-electron chi connectivity index (χ2n) is 5.20. The van der Waals surface area contributed by atoms with E-state index < -0.39 is 17.8 Å². The molecule has 0 saturated carbocycles. The number of carbonyl (C=O) groups excluding carboxylic acids is 3. The molecular formula is C18H14N2O3. The van der Waals surface area contributed by atoms with Gasteiger partial charge in [-0.2, -0.15) is 0 Å². The van der Waals surface area contributed by atoms with E-state index in [1.54, 1.807) is 48.5 Å². The van der Waals surface area contributed by atoms with E-state index in [2.05, 4.69) is 5.32 Å². The van der Waals surface area contributed by atoms with E-state index in [0.29, 0.717) is 11.3 Å². The topological polar surface area (TPSA) is 66.5 Å². The Bertz CT molecular complexity index is 808. The number of aryl methyl sites for hydroxylation is 1. The Kier molecular flexibility index (Phi) is 3.76. The summed E-state index contributed by atoms with van der Waals surface area (Å²) in [6.45, 7) is 1.91. The summed E-state index contributed by atoms with van der Waals surface area (Å²) in [4.78, 5) is 37.6. The van der Waals surface area contributed by atoms with Crippen LogP contribution in [0.25, 0.3) is 6.08 Å². The highest BCUT2D eigenvalue weighted by Gasteiger charge is 2.36. The minimum Gasteiger partial charge on any atom is -0.273 e. The zero-order chi connectivity index (χ0) is 16.4. The van der Waals surface area contributed by atoms with E-state index in [0.717, 1.165) is 10.5 Å². The van der Waals surface area contributed by atoms with E-state index >= 15 is 0 Å². The Morgan fingerprint density at radius 3 is 2.22 bits per heavy atom. The summed E-state index contributed by atoms with van der Waals surface area (Å²) in [7, 11) is 0. The molecule has 5 heteroatoms. The number of imide groups is 2. The number of hydrogen-bond acceptors (Lipinski definition) is 3. The van der Waals surface area contributed by atoms with Gasteiger partial charge in [-0.05, 0) is 30.7 Å². The van der Waals surface area contributed by atoms with Crippen LogP contribution in [0.3, 0.4) is 0 Å². The van der Waals surface area contributed by atoms with Gasteiger partial charge in [0, 0.05) is 0 Å². The third kappa shape index (κ3) is 2.89. The lowest BCUT2D eigenvalue weighted by molar-refractivity contribution is -0.122. The number of carbonyl (C=O) groups is 3. The molecule has 2 aromatic carbocycles. The lowest BCUT2D eigenvalue weighted by Crippen LogP contribution is -2.54. The van der Waals surface area contributed by atoms with Gasteiger partial charge in [-0.15, -0.1) is 0 Å². The van der Waals surface area contributed by atoms with E-state index in [4.69, 9.17) is 0 Å². The zero-order valence-corrected chi connectivity index (χ0v) is 12.4. The molecular weight excluding hydrogens is 292 g/mol. The number of nitrogens with one attached hydrogen (secondary N) is 1. The number of anilines is 1. The number of urea groups is 1. The molecule has 1 N–H and O–H groups in total. The average Bonchev–Trinajstić information content (AvgIpc) is 2.54. The first-order valence-corrected chi connectivity index (χ1v) is 7.09. The molecule has 0 aliphatic carbocycles. The lowest BCUT2D eigenvalue weighted by atomic mass is 10.1. The van der Waals surface area contributed by atoms with Crippen molar-refractivity contribution in [3.05, 3.63) is 71.3 Å². The molecule has 1 fully saturated rings. The van der Waals surface area contributed by atoms with Crippen LogP contribution < -0.4 is 10.2 Å². The molecule has 1 aliphatic heterocycles. The van der Waals surface area contributed by atoms with Crippen molar-refractivity contribution < 1.29 is 14.4 Å². The van der Waals surface area contributed by atoms with Crippen LogP contribution in [0, 0.1) is 6.92 Å². The molecule has 1 heterocycles. The Balaban J connectivity index is 2.01. The first-order valence-electron chi connectivity index (χ1n) is 7.09. The standard InChI is InChI=1S/C18H14N2O3/c1-12-7-9-14(10-8-12)20-17(22)15(16(21)19-18(20)23)11-13-5-3-2-4-6-13/h2-11H,1H3,(H,19,21,23)/b15-11+. The van der Waals surface area contributed by atoms with E-state index in [-0.39, 0.29) is 5.57 Å². The Hall–Kier alpha value is -3.21. The normalized spacial score (nSPS) is 16.7. The summed E-state index contributed by atoms with van der Waals surface area (Å²) >= 11 is 0. The van der Waals surface area contributed by atoms with Crippen LogP contribution in [0.1, 0.15) is 11.1 Å². The van der Waals surface area contributed by atoms with E-state index in [1.807, 2.05) is 13.0 Å². The maximum atomic E-state index is 12.6. The predicted molar refractivity (Wildman–Crippen MR) is 86.6 cm³/mol. The van der Waals surface area contributed by atoms with Gasteiger partial charge >= 0.3 is 6.03 Å². The van der Waals surface area contributed by atoms with Crippen LogP contribution >= 0.6 is 0 Å². The number of amides is 4. The quantitative estimate of drug-likeness (QED) is 0.685. The highest BCUT2D eigenvalue weighted by atomic mass is 16.2. The van der Waals surface area contributed by atoms with Crippen molar-refractivity contribution in [3.63, 3.8) is 0 Å². The van der Waals surface area contributed by atoms with Crippen molar-refractivity contribution in [1.82, 2.24) is 5.32 Å². The van der Waals surface area contributed by atoms with Gasteiger partial charge in [0.05, 0.1) is 5.69 Å². The summed E-state index contributed by atoms with van der Waals surface area (Å²) < 4.78 is 0. The van der Waals surface area contributed by atoms with Gasteiger partial charge in [-0.3, -0.25) is 14.9 Å². The smallest absolute Gasteiger partial charge is 0.273 e. The lowest BCUT2D eigenvalue weighted by Gasteiger charge is -2.26. The largest absolute Gasteiger partial charge is 0.335 e. The van der Waals surface area contributed by atoms with Gasteiger partial charge in [0.15, 0.2) is 0 Å². The summed E-state index contributed by atoms with van der Waals surface area (Å²) in [6, 6.07) is 15.2. The van der Waals surface area contributed by atoms with Gasteiger partial charge < -0.3 is 0 Å². The molecule has 0 unspecified atom stereocenters. The third-order valence-electron chi connectivity index (χ3n) is 3.50. The SMILES string of the molecule is Cc1ccc(N2C(=O)NC(=O)/C(=C\c3ccccc3)C2=O)cc1. The molecule has 4 amide bonds. The summed E-state index contributed by atoms with van der Waals surface area (Å²) in [5.74, 6) is -1.32. The molecule has 0 bridgehead atoms. The summed E-state index contributed by atoms with van der Waals surface area (Å²) in [5.41, 5.74) is 2.07. The average molecular weight is 306 g/mol. The fourth-order valence-electron chi connectivity index (χ4n) is 2.30. The molecule has 3 rings (SSSR count). The van der Waals surface area contributed by atoms with E-state index in [9.17, 15) is 14.4 Å². The molecule has 5 nitrogen and oxygen atoms in total. The molecule has 1 aliphatic rings. The van der Waals surface area contributed by atoms with Crippen LogP contribution in [0.4, 0.5) is 10.5 Å². The molecule has 2 aromatic rings. The third-order valence-corrected chi connectivity index (χ3v) is 3.50. The summed E-state index contributed by atoms with van der Waals surface area (Å²) in [5, 5.41) is 2.20. The van der Waals surface area contributed by atoms with Crippen LogP contribution in [0.2, 0.25) is 0 Å². The van der Waals surface area contributed by atoms with Crippen molar-refractivity contribution in [2.24, 2.45) is 0 Å². The Morgan fingerprint density at radius 2 is 1.57 bits per heavy atom. The highest BCUT2D eigenvalue weighted by molar-refractivity contribution is 6.39. The fourth-order valence-corrected chi connectivity index (χ4v) is 2.30. The van der Waals surface area contributed by atoms with Crippen molar-refractivity contribution in [2.75, 3.05) is 4.90 Å². The van der Waals surface area contributed by atoms with E-state index in [1.165, 1.54) is 6.08 Å². The minimum atomic E-state index is -0.742. The maximum Gasteiger partial charge on any atom is 0.335 e. The van der Waals surface area contributed by atoms with Gasteiger partial charge in [-0.1, -0.05) is 48.0 Å². The van der Waals surface area contributed by atoms with Crippen molar-refractivity contribution in [3.8, 4) is 0 Å². The molecule has 23 heavy (non-hydrogen) atoms. The Labute approximate surface area is 133 Å². The molecule has 1 saturated heterocycles. The van der Waals surface area contributed by atoms with Gasteiger partial charge in [0.1, 0.15) is 5.57 Å². The van der Waals surface area contributed by atoms with Crippen molar-refractivity contribution in [2.45, 2.75) is 6.92 Å². The molecule has 0 atom stereocenters. The minimum absolute atomic E-state index is 0.0728. The van der Waals surface area contributed by atoms with Crippen LogP contribution in [-0.2, 0) is 9.59 Å². The monoisotopic (exact) mass is 306 g/mol. The number of rotatable bonds is 2. The molecule has 0 radical (unpaired) electrons. The Morgan fingerprint density at radius 1 is 0.913 bits per heavy atom. The molecule has 0 spiro atoms. The molecule has 114 valence electrons. The number of hydrogen-bond donors (Lipinski definition) is 1. The van der Waals surface area contributed by atoms with Gasteiger partial charge in [0.25, 0.3) is 11.8 Å². The first kappa shape index (κ1) is 14.7. The number of nitrogens with zero attached hydrogens (tertiary/aromatic N) is 1. The fraction of sp³-hybridized carbons (Fsp3) is 0.0556. The second kappa shape index (κ2) is 5.88. The van der Waals surface area contributed by atoms with Crippen LogP contribution in [0.5, 0.6) is 0 Å². The number of benzene rings is 2. The van der Waals surface area contributed by atoms with Crippen LogP contribution in [-0.4, -0.2) is 17.8 Å². The van der Waals surface area contributed by atoms with Gasteiger partial charge in [0.2, 0.25) is 0 Å². The number of barbiturate groups is 1. The van der Waals surface area contributed by atoms with Crippen molar-refractivity contribution in [1.29, 1.82) is 0 Å².